The summed E-state index contributed by atoms with van der Waals surface area (Å²) in [6, 6.07) is 7.36. The first-order chi connectivity index (χ1) is 9.88. The van der Waals surface area contributed by atoms with Gasteiger partial charge in [0.1, 0.15) is 5.54 Å². The van der Waals surface area contributed by atoms with Crippen LogP contribution in [0, 0.1) is 18.3 Å². The predicted octanol–water partition coefficient (Wildman–Crippen LogP) is 3.65. The molecule has 0 bridgehead atoms. The molecule has 0 amide bonds. The topological polar surface area (TPSA) is 70.0 Å². The minimum atomic E-state index is -3.70. The number of nitrogens with zero attached hydrogens (tertiary/aromatic N) is 1. The zero-order chi connectivity index (χ0) is 15.5. The molecule has 0 aliphatic heterocycles. The summed E-state index contributed by atoms with van der Waals surface area (Å²) in [5.41, 5.74) is -0.295. The lowest BCUT2D eigenvalue weighted by Crippen LogP contribution is -2.47. The Hall–Kier alpha value is -0.900. The molecule has 1 N–H and O–H groups in total. The average Bonchev–Trinajstić information content (AvgIpc) is 2.67. The minimum absolute atomic E-state index is 0.232. The second kappa shape index (κ2) is 6.47. The fourth-order valence-corrected chi connectivity index (χ4v) is 4.91. The first kappa shape index (κ1) is 16.5. The van der Waals surface area contributed by atoms with Crippen LogP contribution in [-0.4, -0.2) is 14.0 Å². The van der Waals surface area contributed by atoms with Gasteiger partial charge in [0.2, 0.25) is 10.0 Å². The zero-order valence-electron chi connectivity index (χ0n) is 12.0. The molecule has 1 saturated carbocycles. The minimum Gasteiger partial charge on any atom is -0.207 e. The van der Waals surface area contributed by atoms with Gasteiger partial charge >= 0.3 is 0 Å². The third-order valence-electron chi connectivity index (χ3n) is 3.94. The molecule has 0 atom stereocenters. The Kier molecular flexibility index (Phi) is 5.07. The van der Waals surface area contributed by atoms with Gasteiger partial charge < -0.3 is 0 Å². The fraction of sp³-hybridized carbons (Fsp3) is 0.533. The van der Waals surface area contributed by atoms with E-state index in [1.165, 1.54) is 0 Å². The summed E-state index contributed by atoms with van der Waals surface area (Å²) in [6.07, 6.45) is 5.04. The summed E-state index contributed by atoms with van der Waals surface area (Å²) < 4.78 is 28.7. The first-order valence-electron chi connectivity index (χ1n) is 7.10. The van der Waals surface area contributed by atoms with Crippen molar-refractivity contribution in [2.75, 3.05) is 0 Å². The van der Waals surface area contributed by atoms with E-state index < -0.39 is 15.6 Å². The van der Waals surface area contributed by atoms with Gasteiger partial charge in [-0.2, -0.15) is 9.98 Å². The van der Waals surface area contributed by atoms with Gasteiger partial charge in [-0.3, -0.25) is 0 Å². The maximum absolute atomic E-state index is 12.7. The number of hydrogen-bond donors (Lipinski definition) is 1. The molecule has 21 heavy (non-hydrogen) atoms. The van der Waals surface area contributed by atoms with E-state index in [1.807, 2.05) is 0 Å². The highest BCUT2D eigenvalue weighted by Crippen LogP contribution is 2.29. The maximum atomic E-state index is 12.7. The van der Waals surface area contributed by atoms with Gasteiger partial charge in [-0.05, 0) is 37.5 Å². The van der Waals surface area contributed by atoms with E-state index in [0.29, 0.717) is 22.9 Å². The van der Waals surface area contributed by atoms with Crippen LogP contribution in [0.3, 0.4) is 0 Å². The molecule has 1 fully saturated rings. The highest BCUT2D eigenvalue weighted by atomic mass is 79.9. The molecule has 0 spiro atoms. The molecule has 114 valence electrons. The van der Waals surface area contributed by atoms with Crippen molar-refractivity contribution in [1.82, 2.24) is 4.72 Å². The van der Waals surface area contributed by atoms with Crippen molar-refractivity contribution in [3.63, 3.8) is 0 Å². The van der Waals surface area contributed by atoms with Crippen LogP contribution >= 0.6 is 15.9 Å². The van der Waals surface area contributed by atoms with Crippen LogP contribution in [-0.2, 0) is 10.0 Å². The van der Waals surface area contributed by atoms with E-state index in [2.05, 4.69) is 26.7 Å². The number of aryl methyl sites for hydroxylation is 1. The molecular formula is C15H19BrN2O2S. The Bertz CT molecular complexity index is 657. The van der Waals surface area contributed by atoms with Gasteiger partial charge in [-0.1, -0.05) is 47.7 Å². The molecule has 1 aliphatic carbocycles. The Balaban J connectivity index is 2.35. The Morgan fingerprint density at radius 1 is 1.24 bits per heavy atom. The first-order valence-corrected chi connectivity index (χ1v) is 9.38. The quantitative estimate of drug-likeness (QED) is 0.825. The Morgan fingerprint density at radius 2 is 1.86 bits per heavy atom. The fourth-order valence-electron chi connectivity index (χ4n) is 2.74. The lowest BCUT2D eigenvalue weighted by Gasteiger charge is -2.26. The van der Waals surface area contributed by atoms with E-state index in [1.54, 1.807) is 25.1 Å². The van der Waals surface area contributed by atoms with Crippen LogP contribution in [0.15, 0.2) is 27.6 Å². The van der Waals surface area contributed by atoms with Crippen LogP contribution in [0.2, 0.25) is 0 Å². The van der Waals surface area contributed by atoms with Crippen molar-refractivity contribution in [2.45, 2.75) is 55.9 Å². The van der Waals surface area contributed by atoms with Gasteiger partial charge in [0, 0.05) is 4.47 Å². The lowest BCUT2D eigenvalue weighted by molar-refractivity contribution is 0.422. The molecule has 6 heteroatoms. The third-order valence-corrected chi connectivity index (χ3v) is 6.11. The van der Waals surface area contributed by atoms with E-state index in [0.717, 1.165) is 25.7 Å². The number of sulfonamides is 1. The largest absolute Gasteiger partial charge is 0.242 e. The highest BCUT2D eigenvalue weighted by Gasteiger charge is 2.36. The van der Waals surface area contributed by atoms with E-state index in [9.17, 15) is 13.7 Å². The summed E-state index contributed by atoms with van der Waals surface area (Å²) >= 11 is 3.30. The molecule has 0 radical (unpaired) electrons. The normalized spacial score (nSPS) is 18.7. The van der Waals surface area contributed by atoms with Crippen molar-refractivity contribution < 1.29 is 8.42 Å². The molecular weight excluding hydrogens is 352 g/mol. The number of benzene rings is 1. The lowest BCUT2D eigenvalue weighted by atomic mass is 9.94. The zero-order valence-corrected chi connectivity index (χ0v) is 14.4. The molecule has 0 saturated heterocycles. The second-order valence-electron chi connectivity index (χ2n) is 5.62. The number of halogens is 1. The second-order valence-corrected chi connectivity index (χ2v) is 8.19. The molecule has 1 aliphatic rings. The molecule has 0 heterocycles. The van der Waals surface area contributed by atoms with E-state index >= 15 is 0 Å². The van der Waals surface area contributed by atoms with Crippen molar-refractivity contribution in [3.8, 4) is 6.07 Å². The van der Waals surface area contributed by atoms with E-state index in [-0.39, 0.29) is 4.90 Å². The molecule has 1 aromatic rings. The Labute approximate surface area is 134 Å². The van der Waals surface area contributed by atoms with Crippen molar-refractivity contribution in [2.24, 2.45) is 0 Å². The molecule has 1 aromatic carbocycles. The average molecular weight is 371 g/mol. The summed E-state index contributed by atoms with van der Waals surface area (Å²) in [6.45, 7) is 1.76. The third kappa shape index (κ3) is 3.85. The van der Waals surface area contributed by atoms with Gasteiger partial charge in [-0.15, -0.1) is 0 Å². The maximum Gasteiger partial charge on any atom is 0.242 e. The number of rotatable bonds is 3. The summed E-state index contributed by atoms with van der Waals surface area (Å²) in [5.74, 6) is 0. The van der Waals surface area contributed by atoms with Crippen LogP contribution in [0.5, 0.6) is 0 Å². The van der Waals surface area contributed by atoms with Gasteiger partial charge in [-0.25, -0.2) is 8.42 Å². The van der Waals surface area contributed by atoms with E-state index in [4.69, 9.17) is 0 Å². The summed E-state index contributed by atoms with van der Waals surface area (Å²) in [7, 11) is -3.70. The van der Waals surface area contributed by atoms with Crippen LogP contribution in [0.4, 0.5) is 0 Å². The molecule has 2 rings (SSSR count). The molecule has 0 unspecified atom stereocenters. The number of hydrogen-bond acceptors (Lipinski definition) is 3. The Morgan fingerprint density at radius 3 is 2.43 bits per heavy atom. The van der Waals surface area contributed by atoms with Crippen LogP contribution in [0.25, 0.3) is 0 Å². The smallest absolute Gasteiger partial charge is 0.207 e. The standard InChI is InChI=1S/C15H19BrN2O2S/c1-12-6-7-13(16)10-14(12)21(19,20)18-15(11-17)8-4-2-3-5-9-15/h6-7,10,18H,2-5,8-9H2,1H3. The highest BCUT2D eigenvalue weighted by molar-refractivity contribution is 9.10. The van der Waals surface area contributed by atoms with Crippen molar-refractivity contribution in [1.29, 1.82) is 5.26 Å². The molecule has 0 aromatic heterocycles. The molecule has 4 nitrogen and oxygen atoms in total. The van der Waals surface area contributed by atoms with Crippen molar-refractivity contribution >= 4 is 26.0 Å². The predicted molar refractivity (Wildman–Crippen MR) is 85.2 cm³/mol. The number of nitriles is 1. The van der Waals surface area contributed by atoms with Gasteiger partial charge in [0.05, 0.1) is 11.0 Å². The summed E-state index contributed by atoms with van der Waals surface area (Å²) in [4.78, 5) is 0.232. The summed E-state index contributed by atoms with van der Waals surface area (Å²) in [5, 5.41) is 9.51. The van der Waals surface area contributed by atoms with Gasteiger partial charge in [0.25, 0.3) is 0 Å². The SMILES string of the molecule is Cc1ccc(Br)cc1S(=O)(=O)NC1(C#N)CCCCCC1. The van der Waals surface area contributed by atoms with Gasteiger partial charge in [0.15, 0.2) is 0 Å². The van der Waals surface area contributed by atoms with Crippen molar-refractivity contribution in [3.05, 3.63) is 28.2 Å². The monoisotopic (exact) mass is 370 g/mol. The number of nitrogens with one attached hydrogen (secondary N) is 1. The van der Waals surface area contributed by atoms with Crippen LogP contribution in [0.1, 0.15) is 44.1 Å². The van der Waals surface area contributed by atoms with Crippen LogP contribution < -0.4 is 4.72 Å².